The van der Waals surface area contributed by atoms with Crippen molar-refractivity contribution in [1.82, 2.24) is 5.32 Å². The van der Waals surface area contributed by atoms with Crippen molar-refractivity contribution in [2.75, 3.05) is 14.2 Å². The van der Waals surface area contributed by atoms with Crippen molar-refractivity contribution in [3.63, 3.8) is 0 Å². The van der Waals surface area contributed by atoms with Crippen LogP contribution in [-0.2, 0) is 9.47 Å². The first-order valence-electron chi connectivity index (χ1n) is 5.65. The molecule has 0 amide bonds. The molecule has 0 aliphatic carbocycles. The second-order valence-electron chi connectivity index (χ2n) is 4.07. The van der Waals surface area contributed by atoms with Crippen LogP contribution in [0.15, 0.2) is 24.3 Å². The lowest BCUT2D eigenvalue weighted by Crippen LogP contribution is -2.40. The molecule has 0 aliphatic heterocycles. The molecule has 1 unspecified atom stereocenters. The zero-order valence-corrected chi connectivity index (χ0v) is 11.5. The molecule has 2 atom stereocenters. The summed E-state index contributed by atoms with van der Waals surface area (Å²) in [5.41, 5.74) is 1.19. The number of hydrogen-bond acceptors (Lipinski definition) is 3. The Balaban J connectivity index is 2.59. The van der Waals surface area contributed by atoms with Crippen molar-refractivity contribution in [3.8, 4) is 0 Å². The summed E-state index contributed by atoms with van der Waals surface area (Å²) in [6.45, 7) is 4.13. The largest absolute Gasteiger partial charge is 0.354 e. The topological polar surface area (TPSA) is 30.5 Å². The lowest BCUT2D eigenvalue weighted by molar-refractivity contribution is -0.120. The molecular weight excluding hydrogens is 238 g/mol. The van der Waals surface area contributed by atoms with Crippen LogP contribution in [0.3, 0.4) is 0 Å². The number of methoxy groups -OCH3 is 2. The fourth-order valence-corrected chi connectivity index (χ4v) is 1.95. The van der Waals surface area contributed by atoms with Crippen molar-refractivity contribution in [2.45, 2.75) is 32.2 Å². The molecule has 0 saturated heterocycles. The van der Waals surface area contributed by atoms with Crippen LogP contribution in [0.2, 0.25) is 5.02 Å². The van der Waals surface area contributed by atoms with Crippen molar-refractivity contribution >= 4 is 11.6 Å². The maximum Gasteiger partial charge on any atom is 0.171 e. The number of halogens is 1. The SMILES string of the molecule is COC(OC)C(C)N[C@H](C)c1ccc(Cl)cc1. The van der Waals surface area contributed by atoms with Crippen LogP contribution in [0, 0.1) is 0 Å². The van der Waals surface area contributed by atoms with Crippen molar-refractivity contribution < 1.29 is 9.47 Å². The Morgan fingerprint density at radius 3 is 2.06 bits per heavy atom. The van der Waals surface area contributed by atoms with Gasteiger partial charge in [-0.3, -0.25) is 0 Å². The molecular formula is C13H20ClNO2. The first-order chi connectivity index (χ1) is 8.08. The van der Waals surface area contributed by atoms with E-state index >= 15 is 0 Å². The molecule has 1 rings (SSSR count). The summed E-state index contributed by atoms with van der Waals surface area (Å²) < 4.78 is 10.4. The van der Waals surface area contributed by atoms with E-state index in [0.717, 1.165) is 5.02 Å². The molecule has 1 aromatic carbocycles. The van der Waals surface area contributed by atoms with Crippen LogP contribution in [0.5, 0.6) is 0 Å². The van der Waals surface area contributed by atoms with E-state index in [0.29, 0.717) is 0 Å². The Morgan fingerprint density at radius 1 is 1.06 bits per heavy atom. The molecule has 0 radical (unpaired) electrons. The van der Waals surface area contributed by atoms with E-state index < -0.39 is 0 Å². The maximum atomic E-state index is 5.86. The van der Waals surface area contributed by atoms with Gasteiger partial charge >= 0.3 is 0 Å². The second-order valence-corrected chi connectivity index (χ2v) is 4.50. The van der Waals surface area contributed by atoms with Gasteiger partial charge in [0.15, 0.2) is 6.29 Å². The Bertz CT molecular complexity index is 325. The number of benzene rings is 1. The number of hydrogen-bond donors (Lipinski definition) is 1. The second kappa shape index (κ2) is 6.97. The average Bonchev–Trinajstić information content (AvgIpc) is 2.31. The Morgan fingerprint density at radius 2 is 1.59 bits per heavy atom. The number of nitrogens with one attached hydrogen (secondary N) is 1. The summed E-state index contributed by atoms with van der Waals surface area (Å²) in [5, 5.41) is 4.18. The molecule has 0 bridgehead atoms. The zero-order chi connectivity index (χ0) is 12.8. The highest BCUT2D eigenvalue weighted by molar-refractivity contribution is 6.30. The van der Waals surface area contributed by atoms with Crippen LogP contribution in [0.25, 0.3) is 0 Å². The van der Waals surface area contributed by atoms with Crippen LogP contribution in [0.1, 0.15) is 25.5 Å². The third kappa shape index (κ3) is 4.28. The summed E-state index contributed by atoms with van der Waals surface area (Å²) in [4.78, 5) is 0. The van der Waals surface area contributed by atoms with E-state index in [1.54, 1.807) is 14.2 Å². The van der Waals surface area contributed by atoms with Gasteiger partial charge in [0.25, 0.3) is 0 Å². The fraction of sp³-hybridized carbons (Fsp3) is 0.538. The highest BCUT2D eigenvalue weighted by Gasteiger charge is 2.18. The normalized spacial score (nSPS) is 14.9. The van der Waals surface area contributed by atoms with Crippen LogP contribution >= 0.6 is 11.6 Å². The molecule has 3 nitrogen and oxygen atoms in total. The highest BCUT2D eigenvalue weighted by Crippen LogP contribution is 2.17. The lowest BCUT2D eigenvalue weighted by Gasteiger charge is -2.26. The maximum absolute atomic E-state index is 5.86. The van der Waals surface area contributed by atoms with Gasteiger partial charge in [-0.2, -0.15) is 0 Å². The Kier molecular flexibility index (Phi) is 5.92. The fourth-order valence-electron chi connectivity index (χ4n) is 1.83. The molecule has 0 aromatic heterocycles. The minimum atomic E-state index is -0.246. The summed E-state index contributed by atoms with van der Waals surface area (Å²) in [5.74, 6) is 0. The minimum Gasteiger partial charge on any atom is -0.354 e. The zero-order valence-electron chi connectivity index (χ0n) is 10.7. The van der Waals surface area contributed by atoms with E-state index in [1.807, 2.05) is 31.2 Å². The number of ether oxygens (including phenoxy) is 2. The summed E-state index contributed by atoms with van der Waals surface area (Å²) in [6, 6.07) is 8.14. The molecule has 17 heavy (non-hydrogen) atoms. The molecule has 1 aromatic rings. The third-order valence-corrected chi connectivity index (χ3v) is 3.01. The van der Waals surface area contributed by atoms with Gasteiger partial charge in [-0.25, -0.2) is 0 Å². The predicted octanol–water partition coefficient (Wildman–Crippen LogP) is 3.00. The van der Waals surface area contributed by atoms with Crippen molar-refractivity contribution in [2.24, 2.45) is 0 Å². The molecule has 96 valence electrons. The molecule has 0 heterocycles. The van der Waals surface area contributed by atoms with Crippen LogP contribution in [0.4, 0.5) is 0 Å². The van der Waals surface area contributed by atoms with Crippen LogP contribution in [-0.4, -0.2) is 26.6 Å². The molecule has 0 fully saturated rings. The molecule has 4 heteroatoms. The highest BCUT2D eigenvalue weighted by atomic mass is 35.5. The van der Waals surface area contributed by atoms with Crippen LogP contribution < -0.4 is 5.32 Å². The summed E-state index contributed by atoms with van der Waals surface area (Å²) in [6.07, 6.45) is -0.246. The lowest BCUT2D eigenvalue weighted by atomic mass is 10.1. The van der Waals surface area contributed by atoms with E-state index in [1.165, 1.54) is 5.56 Å². The quantitative estimate of drug-likeness (QED) is 0.795. The summed E-state index contributed by atoms with van der Waals surface area (Å²) in [7, 11) is 3.28. The van der Waals surface area contributed by atoms with Crippen molar-refractivity contribution in [1.29, 1.82) is 0 Å². The first-order valence-corrected chi connectivity index (χ1v) is 6.03. The minimum absolute atomic E-state index is 0.107. The Labute approximate surface area is 108 Å². The van der Waals surface area contributed by atoms with Gasteiger partial charge < -0.3 is 14.8 Å². The monoisotopic (exact) mass is 257 g/mol. The number of rotatable bonds is 6. The van der Waals surface area contributed by atoms with Gasteiger partial charge in [-0.05, 0) is 31.5 Å². The Hall–Kier alpha value is -0.610. The third-order valence-electron chi connectivity index (χ3n) is 2.76. The van der Waals surface area contributed by atoms with Crippen molar-refractivity contribution in [3.05, 3.63) is 34.9 Å². The molecule has 1 N–H and O–H groups in total. The van der Waals surface area contributed by atoms with Gasteiger partial charge in [0.2, 0.25) is 0 Å². The molecule has 0 aliphatic rings. The van der Waals surface area contributed by atoms with Gasteiger partial charge in [-0.1, -0.05) is 23.7 Å². The first kappa shape index (κ1) is 14.5. The van der Waals surface area contributed by atoms with Gasteiger partial charge in [0, 0.05) is 25.3 Å². The standard InChI is InChI=1S/C13H20ClNO2/c1-9(11-5-7-12(14)8-6-11)15-10(2)13(16-3)17-4/h5-10,13,15H,1-4H3/t9-,10?/m1/s1. The van der Waals surface area contributed by atoms with E-state index in [2.05, 4.69) is 12.2 Å². The van der Waals surface area contributed by atoms with Gasteiger partial charge in [0.1, 0.15) is 0 Å². The van der Waals surface area contributed by atoms with E-state index in [4.69, 9.17) is 21.1 Å². The predicted molar refractivity (Wildman–Crippen MR) is 70.3 cm³/mol. The van der Waals surface area contributed by atoms with Gasteiger partial charge in [-0.15, -0.1) is 0 Å². The summed E-state index contributed by atoms with van der Waals surface area (Å²) >= 11 is 5.86. The van der Waals surface area contributed by atoms with E-state index in [9.17, 15) is 0 Å². The van der Waals surface area contributed by atoms with Gasteiger partial charge in [0.05, 0.1) is 6.04 Å². The average molecular weight is 258 g/mol. The molecule has 0 saturated carbocycles. The van der Waals surface area contributed by atoms with E-state index in [-0.39, 0.29) is 18.4 Å². The smallest absolute Gasteiger partial charge is 0.171 e. The molecule has 0 spiro atoms.